The molecule has 0 saturated heterocycles. The number of aryl methyl sites for hydroxylation is 1. The van der Waals surface area contributed by atoms with Crippen LogP contribution < -0.4 is 15.8 Å². The summed E-state index contributed by atoms with van der Waals surface area (Å²) in [5.41, 5.74) is 0.641. The summed E-state index contributed by atoms with van der Waals surface area (Å²) in [7, 11) is 0. The van der Waals surface area contributed by atoms with Crippen LogP contribution in [0.3, 0.4) is 0 Å². The van der Waals surface area contributed by atoms with Gasteiger partial charge in [-0.3, -0.25) is 4.79 Å². The van der Waals surface area contributed by atoms with Crippen molar-refractivity contribution in [2.75, 3.05) is 5.32 Å². The summed E-state index contributed by atoms with van der Waals surface area (Å²) < 4.78 is 12.0. The molecule has 1 amide bonds. The number of hydrogen-bond acceptors (Lipinski definition) is 6. The lowest BCUT2D eigenvalue weighted by Crippen LogP contribution is -2.20. The molecule has 0 unspecified atom stereocenters. The van der Waals surface area contributed by atoms with Crippen molar-refractivity contribution in [3.63, 3.8) is 0 Å². The van der Waals surface area contributed by atoms with Gasteiger partial charge in [0, 0.05) is 12.1 Å². The number of carbonyl (C=O) groups excluding carboxylic acids is 1. The first-order chi connectivity index (χ1) is 14.2. The molecular formula is C21H17N3O4S. The molecule has 4 rings (SSSR count). The molecule has 0 aliphatic carbocycles. The Morgan fingerprint density at radius 3 is 2.52 bits per heavy atom. The minimum atomic E-state index is -0.580. The Labute approximate surface area is 170 Å². The van der Waals surface area contributed by atoms with Crippen molar-refractivity contribution < 1.29 is 13.9 Å². The monoisotopic (exact) mass is 407 g/mol. The maximum atomic E-state index is 12.2. The Balaban J connectivity index is 1.31. The lowest BCUT2D eigenvalue weighted by Gasteiger charge is -2.08. The minimum Gasteiger partial charge on any atom is -0.457 e. The summed E-state index contributed by atoms with van der Waals surface area (Å²) in [4.78, 5) is 24.8. The molecule has 4 aromatic rings. The molecule has 0 aliphatic heterocycles. The van der Waals surface area contributed by atoms with Crippen molar-refractivity contribution in [2.24, 2.45) is 0 Å². The van der Waals surface area contributed by atoms with Crippen LogP contribution in [0.4, 0.5) is 5.69 Å². The zero-order chi connectivity index (χ0) is 20.1. The van der Waals surface area contributed by atoms with Crippen molar-refractivity contribution in [3.8, 4) is 22.3 Å². The van der Waals surface area contributed by atoms with Gasteiger partial charge >= 0.3 is 5.76 Å². The van der Waals surface area contributed by atoms with Gasteiger partial charge in [0.25, 0.3) is 5.89 Å². The number of rotatable bonds is 7. The molecule has 146 valence electrons. The van der Waals surface area contributed by atoms with Gasteiger partial charge < -0.3 is 14.5 Å². The fraction of sp³-hybridized carbons (Fsp3) is 0.0952. The van der Waals surface area contributed by atoms with Crippen molar-refractivity contribution in [3.05, 3.63) is 82.7 Å². The second-order valence-electron chi connectivity index (χ2n) is 6.11. The third kappa shape index (κ3) is 4.80. The summed E-state index contributed by atoms with van der Waals surface area (Å²) in [5, 5.41) is 8.80. The first kappa shape index (κ1) is 18.7. The second-order valence-corrected chi connectivity index (χ2v) is 7.06. The normalized spacial score (nSPS) is 10.6. The van der Waals surface area contributed by atoms with Gasteiger partial charge in [-0.15, -0.1) is 16.4 Å². The lowest BCUT2D eigenvalue weighted by atomic mass is 10.3. The maximum Gasteiger partial charge on any atom is 0.437 e. The number of nitrogens with one attached hydrogen (secondary N) is 1. The van der Waals surface area contributed by atoms with Gasteiger partial charge in [0.2, 0.25) is 5.91 Å². The Morgan fingerprint density at radius 2 is 1.79 bits per heavy atom. The molecule has 0 atom stereocenters. The zero-order valence-corrected chi connectivity index (χ0v) is 16.1. The number of ether oxygens (including phenoxy) is 1. The van der Waals surface area contributed by atoms with E-state index in [9.17, 15) is 9.59 Å². The smallest absolute Gasteiger partial charge is 0.437 e. The van der Waals surface area contributed by atoms with E-state index in [4.69, 9.17) is 9.15 Å². The Kier molecular flexibility index (Phi) is 5.53. The number of benzene rings is 2. The van der Waals surface area contributed by atoms with E-state index in [1.165, 1.54) is 11.3 Å². The average Bonchev–Trinajstić information content (AvgIpc) is 3.39. The number of nitrogens with zero attached hydrogens (tertiary/aromatic N) is 2. The third-order valence-electron chi connectivity index (χ3n) is 4.01. The number of thiophene rings is 1. The first-order valence-electron chi connectivity index (χ1n) is 8.92. The van der Waals surface area contributed by atoms with E-state index < -0.39 is 5.76 Å². The van der Waals surface area contributed by atoms with Gasteiger partial charge in [0.15, 0.2) is 0 Å². The summed E-state index contributed by atoms with van der Waals surface area (Å²) in [6, 6.07) is 20.2. The van der Waals surface area contributed by atoms with Crippen molar-refractivity contribution >= 4 is 22.9 Å². The number of hydrogen-bond donors (Lipinski definition) is 1. The SMILES string of the molecule is O=C(CCn1nc(-c2cccs2)oc1=O)Nc1ccc(Oc2ccccc2)cc1. The summed E-state index contributed by atoms with van der Waals surface area (Å²) >= 11 is 1.43. The number of carbonyl (C=O) groups is 1. The highest BCUT2D eigenvalue weighted by molar-refractivity contribution is 7.13. The minimum absolute atomic E-state index is 0.0958. The van der Waals surface area contributed by atoms with Gasteiger partial charge in [-0.1, -0.05) is 24.3 Å². The number of aromatic nitrogens is 2. The summed E-state index contributed by atoms with van der Waals surface area (Å²) in [5.74, 6) is 0.867. The zero-order valence-electron chi connectivity index (χ0n) is 15.3. The number of amides is 1. The fourth-order valence-corrected chi connectivity index (χ4v) is 3.25. The molecule has 0 bridgehead atoms. The Bertz CT molecular complexity index is 1130. The molecule has 0 aliphatic rings. The largest absolute Gasteiger partial charge is 0.457 e. The van der Waals surface area contributed by atoms with E-state index in [1.54, 1.807) is 24.3 Å². The van der Waals surface area contributed by atoms with E-state index in [0.29, 0.717) is 11.4 Å². The Hall–Kier alpha value is -3.65. The molecule has 0 fully saturated rings. The van der Waals surface area contributed by atoms with Crippen LogP contribution >= 0.6 is 11.3 Å². The van der Waals surface area contributed by atoms with Crippen LogP contribution in [-0.4, -0.2) is 15.7 Å². The van der Waals surface area contributed by atoms with Gasteiger partial charge in [0.1, 0.15) is 11.5 Å². The van der Waals surface area contributed by atoms with E-state index in [1.807, 2.05) is 47.8 Å². The van der Waals surface area contributed by atoms with E-state index in [0.717, 1.165) is 15.3 Å². The standard InChI is InChI=1S/C21H17N3O4S/c25-19(12-13-24-21(26)28-20(23-24)18-7-4-14-29-18)22-15-8-10-17(11-9-15)27-16-5-2-1-3-6-16/h1-11,14H,12-13H2,(H,22,25). The van der Waals surface area contributed by atoms with Crippen LogP contribution in [0.15, 0.2) is 81.3 Å². The topological polar surface area (TPSA) is 86.4 Å². The molecular weight excluding hydrogens is 390 g/mol. The first-order valence-corrected chi connectivity index (χ1v) is 9.80. The van der Waals surface area contributed by atoms with E-state index in [-0.39, 0.29) is 24.8 Å². The second kappa shape index (κ2) is 8.57. The quantitative estimate of drug-likeness (QED) is 0.491. The van der Waals surface area contributed by atoms with E-state index >= 15 is 0 Å². The summed E-state index contributed by atoms with van der Waals surface area (Å²) in [6.45, 7) is 0.134. The van der Waals surface area contributed by atoms with Crippen LogP contribution in [-0.2, 0) is 11.3 Å². The van der Waals surface area contributed by atoms with Crippen molar-refractivity contribution in [1.82, 2.24) is 9.78 Å². The summed E-state index contributed by atoms with van der Waals surface area (Å²) in [6.07, 6.45) is 0.0958. The molecule has 8 heteroatoms. The van der Waals surface area contributed by atoms with Crippen molar-refractivity contribution in [2.45, 2.75) is 13.0 Å². The number of anilines is 1. The molecule has 2 aromatic heterocycles. The highest BCUT2D eigenvalue weighted by Crippen LogP contribution is 2.23. The van der Waals surface area contributed by atoms with Crippen LogP contribution in [0.25, 0.3) is 10.8 Å². The number of para-hydroxylation sites is 1. The molecule has 0 radical (unpaired) electrons. The predicted molar refractivity (Wildman–Crippen MR) is 110 cm³/mol. The Morgan fingerprint density at radius 1 is 1.03 bits per heavy atom. The van der Waals surface area contributed by atoms with Gasteiger partial charge in [0.05, 0.1) is 11.4 Å². The van der Waals surface area contributed by atoms with Crippen molar-refractivity contribution in [1.29, 1.82) is 0 Å². The van der Waals surface area contributed by atoms with Crippen LogP contribution in [0, 0.1) is 0 Å². The molecule has 2 aromatic carbocycles. The van der Waals surface area contributed by atoms with Crippen LogP contribution in [0.1, 0.15) is 6.42 Å². The van der Waals surface area contributed by atoms with Gasteiger partial charge in [-0.2, -0.15) is 4.68 Å². The third-order valence-corrected chi connectivity index (χ3v) is 4.86. The average molecular weight is 407 g/mol. The lowest BCUT2D eigenvalue weighted by molar-refractivity contribution is -0.116. The molecule has 7 nitrogen and oxygen atoms in total. The molecule has 2 heterocycles. The highest BCUT2D eigenvalue weighted by atomic mass is 32.1. The van der Waals surface area contributed by atoms with Crippen LogP contribution in [0.5, 0.6) is 11.5 Å². The van der Waals surface area contributed by atoms with Gasteiger partial charge in [-0.05, 0) is 47.8 Å². The van der Waals surface area contributed by atoms with Gasteiger partial charge in [-0.25, -0.2) is 4.79 Å². The fourth-order valence-electron chi connectivity index (χ4n) is 2.61. The highest BCUT2D eigenvalue weighted by Gasteiger charge is 2.12. The molecule has 0 spiro atoms. The van der Waals surface area contributed by atoms with E-state index in [2.05, 4.69) is 10.4 Å². The molecule has 29 heavy (non-hydrogen) atoms. The predicted octanol–water partition coefficient (Wildman–Crippen LogP) is 4.39. The molecule has 0 saturated carbocycles. The van der Waals surface area contributed by atoms with Crippen LogP contribution in [0.2, 0.25) is 0 Å². The molecule has 1 N–H and O–H groups in total. The maximum absolute atomic E-state index is 12.2.